The Kier molecular flexibility index (Phi) is 4.77. The van der Waals surface area contributed by atoms with E-state index in [0.717, 1.165) is 48.4 Å². The van der Waals surface area contributed by atoms with Crippen LogP contribution in [0, 0.1) is 17.8 Å². The molecule has 2 heterocycles. The van der Waals surface area contributed by atoms with Crippen LogP contribution in [0.3, 0.4) is 0 Å². The van der Waals surface area contributed by atoms with Crippen LogP contribution in [0.5, 0.6) is 0 Å². The van der Waals surface area contributed by atoms with E-state index in [0.29, 0.717) is 17.9 Å². The van der Waals surface area contributed by atoms with Crippen molar-refractivity contribution in [3.63, 3.8) is 0 Å². The summed E-state index contributed by atoms with van der Waals surface area (Å²) in [4.78, 5) is 21.7. The smallest absolute Gasteiger partial charge is 0.239 e. The van der Waals surface area contributed by atoms with Crippen LogP contribution in [-0.4, -0.2) is 59.0 Å². The Labute approximate surface area is 170 Å². The summed E-state index contributed by atoms with van der Waals surface area (Å²) in [5, 5.41) is 2.91. The molecule has 0 radical (unpaired) electrons. The fourth-order valence-electron chi connectivity index (χ4n) is 6.67. The molecule has 6 rings (SSSR count). The van der Waals surface area contributed by atoms with Crippen molar-refractivity contribution in [3.8, 4) is 0 Å². The molecule has 0 aromatic carbocycles. The lowest BCUT2D eigenvalue weighted by molar-refractivity contribution is -0.120. The van der Waals surface area contributed by atoms with Gasteiger partial charge in [-0.3, -0.25) is 14.6 Å². The molecule has 0 atom stereocenters. The Hall–Kier alpha value is -0.980. The number of aromatic nitrogens is 1. The SMILES string of the molecule is O=C(CN1CCN(C23CC4CC(CC(C4)C2)C3)CC1)Nc1ccc(Br)cn1. The van der Waals surface area contributed by atoms with Gasteiger partial charge in [0.15, 0.2) is 0 Å². The van der Waals surface area contributed by atoms with E-state index in [2.05, 4.69) is 36.0 Å². The maximum atomic E-state index is 12.4. The van der Waals surface area contributed by atoms with Crippen LogP contribution in [0.25, 0.3) is 0 Å². The number of carbonyl (C=O) groups is 1. The van der Waals surface area contributed by atoms with Crippen molar-refractivity contribution in [2.24, 2.45) is 17.8 Å². The highest BCUT2D eigenvalue weighted by Crippen LogP contribution is 2.57. The van der Waals surface area contributed by atoms with E-state index in [-0.39, 0.29) is 5.91 Å². The van der Waals surface area contributed by atoms with Crippen molar-refractivity contribution in [2.75, 3.05) is 38.0 Å². The van der Waals surface area contributed by atoms with Crippen LogP contribution in [0.1, 0.15) is 38.5 Å². The monoisotopic (exact) mass is 432 g/mol. The van der Waals surface area contributed by atoms with E-state index >= 15 is 0 Å². The Morgan fingerprint density at radius 2 is 1.70 bits per heavy atom. The highest BCUT2D eigenvalue weighted by Gasteiger charge is 2.53. The Morgan fingerprint density at radius 1 is 1.07 bits per heavy atom. The van der Waals surface area contributed by atoms with Crippen molar-refractivity contribution in [1.82, 2.24) is 14.8 Å². The molecule has 4 bridgehead atoms. The highest BCUT2D eigenvalue weighted by atomic mass is 79.9. The van der Waals surface area contributed by atoms with Gasteiger partial charge in [0.2, 0.25) is 5.91 Å². The van der Waals surface area contributed by atoms with Gasteiger partial charge >= 0.3 is 0 Å². The number of rotatable bonds is 4. The zero-order valence-corrected chi connectivity index (χ0v) is 17.5. The molecule has 5 fully saturated rings. The Morgan fingerprint density at radius 3 is 2.26 bits per heavy atom. The maximum Gasteiger partial charge on any atom is 0.239 e. The van der Waals surface area contributed by atoms with Crippen LogP contribution in [0.15, 0.2) is 22.8 Å². The number of piperazine rings is 1. The minimum atomic E-state index is 0.0353. The summed E-state index contributed by atoms with van der Waals surface area (Å²) in [5.41, 5.74) is 0.504. The molecule has 0 spiro atoms. The zero-order chi connectivity index (χ0) is 18.4. The third-order valence-electron chi connectivity index (χ3n) is 7.41. The van der Waals surface area contributed by atoms with Crippen molar-refractivity contribution in [1.29, 1.82) is 0 Å². The molecule has 6 heteroatoms. The van der Waals surface area contributed by atoms with Crippen LogP contribution < -0.4 is 5.32 Å². The molecule has 1 amide bonds. The number of halogens is 1. The molecule has 5 nitrogen and oxygen atoms in total. The number of nitrogens with zero attached hydrogens (tertiary/aromatic N) is 3. The van der Waals surface area contributed by atoms with E-state index < -0.39 is 0 Å². The number of carbonyl (C=O) groups excluding carboxylic acids is 1. The number of pyridine rings is 1. The molecule has 5 aliphatic rings. The van der Waals surface area contributed by atoms with Crippen LogP contribution in [-0.2, 0) is 4.79 Å². The molecule has 1 N–H and O–H groups in total. The summed E-state index contributed by atoms with van der Waals surface area (Å²) >= 11 is 3.37. The normalized spacial score (nSPS) is 36.1. The van der Waals surface area contributed by atoms with E-state index in [9.17, 15) is 4.79 Å². The van der Waals surface area contributed by atoms with Gasteiger partial charge in [0.1, 0.15) is 5.82 Å². The molecule has 4 saturated carbocycles. The van der Waals surface area contributed by atoms with Crippen LogP contribution >= 0.6 is 15.9 Å². The molecule has 1 aromatic rings. The second-order valence-electron chi connectivity index (χ2n) is 9.31. The number of amides is 1. The molecule has 1 aliphatic heterocycles. The molecular formula is C21H29BrN4O. The first-order valence-corrected chi connectivity index (χ1v) is 11.3. The van der Waals surface area contributed by atoms with Crippen molar-refractivity contribution in [2.45, 2.75) is 44.1 Å². The average Bonchev–Trinajstić information content (AvgIpc) is 2.63. The largest absolute Gasteiger partial charge is 0.310 e. The van der Waals surface area contributed by atoms with Gasteiger partial charge < -0.3 is 5.32 Å². The summed E-state index contributed by atoms with van der Waals surface area (Å²) in [5.74, 6) is 3.65. The van der Waals surface area contributed by atoms with Gasteiger partial charge in [-0.2, -0.15) is 0 Å². The lowest BCUT2D eigenvalue weighted by atomic mass is 9.52. The maximum absolute atomic E-state index is 12.4. The molecule has 146 valence electrons. The second kappa shape index (κ2) is 7.12. The summed E-state index contributed by atoms with van der Waals surface area (Å²) in [6.45, 7) is 4.71. The minimum Gasteiger partial charge on any atom is -0.310 e. The highest BCUT2D eigenvalue weighted by molar-refractivity contribution is 9.10. The van der Waals surface area contributed by atoms with Gasteiger partial charge in [-0.1, -0.05) is 0 Å². The molecular weight excluding hydrogens is 404 g/mol. The van der Waals surface area contributed by atoms with Crippen LogP contribution in [0.2, 0.25) is 0 Å². The third-order valence-corrected chi connectivity index (χ3v) is 7.88. The van der Waals surface area contributed by atoms with Crippen molar-refractivity contribution in [3.05, 3.63) is 22.8 Å². The Balaban J connectivity index is 1.14. The number of hydrogen-bond acceptors (Lipinski definition) is 4. The first-order chi connectivity index (χ1) is 13.1. The molecule has 4 aliphatic carbocycles. The minimum absolute atomic E-state index is 0.0353. The van der Waals surface area contributed by atoms with Crippen molar-refractivity contribution >= 4 is 27.7 Å². The molecule has 1 aromatic heterocycles. The topological polar surface area (TPSA) is 48.5 Å². The predicted octanol–water partition coefficient (Wildman–Crippen LogP) is 3.37. The molecule has 1 saturated heterocycles. The number of nitrogens with one attached hydrogen (secondary N) is 1. The van der Waals surface area contributed by atoms with E-state index in [1.807, 2.05) is 12.1 Å². The van der Waals surface area contributed by atoms with Crippen LogP contribution in [0.4, 0.5) is 5.82 Å². The predicted molar refractivity (Wildman–Crippen MR) is 109 cm³/mol. The van der Waals surface area contributed by atoms with Gasteiger partial charge in [0, 0.05) is 42.4 Å². The van der Waals surface area contributed by atoms with Crippen molar-refractivity contribution < 1.29 is 4.79 Å². The van der Waals surface area contributed by atoms with Gasteiger partial charge in [-0.05, 0) is 84.3 Å². The summed E-state index contributed by atoms with van der Waals surface area (Å²) in [6.07, 6.45) is 10.5. The zero-order valence-electron chi connectivity index (χ0n) is 15.9. The Bertz CT molecular complexity index is 663. The van der Waals surface area contributed by atoms with Gasteiger partial charge in [0.05, 0.1) is 6.54 Å². The average molecular weight is 433 g/mol. The first kappa shape index (κ1) is 18.1. The van der Waals surface area contributed by atoms with E-state index in [1.54, 1.807) is 6.20 Å². The first-order valence-electron chi connectivity index (χ1n) is 10.5. The standard InChI is InChI=1S/C21H29BrN4O/c22-18-1-2-19(23-13-18)24-20(27)14-25-3-5-26(6-4-25)21-10-15-7-16(11-21)9-17(8-15)12-21/h1-2,13,15-17H,3-12,14H2,(H,23,24,27). The summed E-state index contributed by atoms with van der Waals surface area (Å²) in [7, 11) is 0. The third kappa shape index (κ3) is 3.68. The number of hydrogen-bond donors (Lipinski definition) is 1. The molecule has 0 unspecified atom stereocenters. The fourth-order valence-corrected chi connectivity index (χ4v) is 6.90. The lowest BCUT2D eigenvalue weighted by Crippen LogP contribution is -2.64. The van der Waals surface area contributed by atoms with Gasteiger partial charge in [-0.25, -0.2) is 4.98 Å². The van der Waals surface area contributed by atoms with Gasteiger partial charge in [-0.15, -0.1) is 0 Å². The number of anilines is 1. The quantitative estimate of drug-likeness (QED) is 0.791. The molecule has 27 heavy (non-hydrogen) atoms. The van der Waals surface area contributed by atoms with E-state index in [1.165, 1.54) is 38.5 Å². The van der Waals surface area contributed by atoms with E-state index in [4.69, 9.17) is 0 Å². The summed E-state index contributed by atoms with van der Waals surface area (Å²) < 4.78 is 0.918. The second-order valence-corrected chi connectivity index (χ2v) is 10.2. The van der Waals surface area contributed by atoms with Gasteiger partial charge in [0.25, 0.3) is 0 Å². The lowest BCUT2D eigenvalue weighted by Gasteiger charge is -2.61. The fraction of sp³-hybridized carbons (Fsp3) is 0.714. The summed E-state index contributed by atoms with van der Waals surface area (Å²) in [6, 6.07) is 3.72.